The van der Waals surface area contributed by atoms with Crippen LogP contribution >= 0.6 is 0 Å². The van der Waals surface area contributed by atoms with Crippen molar-refractivity contribution in [2.75, 3.05) is 0 Å². The van der Waals surface area contributed by atoms with Gasteiger partial charge in [-0.05, 0) is 12.5 Å². The lowest BCUT2D eigenvalue weighted by Crippen LogP contribution is -2.04. The predicted molar refractivity (Wildman–Crippen MR) is 70.6 cm³/mol. The topological polar surface area (TPSA) is 68.0 Å². The molecular weight excluding hydrogens is 242 g/mol. The third-order valence-electron chi connectivity index (χ3n) is 2.93. The second kappa shape index (κ2) is 4.20. The average Bonchev–Trinajstić information content (AvgIpc) is 2.83. The van der Waals surface area contributed by atoms with Crippen molar-refractivity contribution in [3.63, 3.8) is 0 Å². The average molecular weight is 253 g/mol. The van der Waals surface area contributed by atoms with E-state index in [2.05, 4.69) is 10.1 Å². The van der Waals surface area contributed by atoms with Crippen LogP contribution in [0.1, 0.15) is 15.9 Å². The first-order valence-electron chi connectivity index (χ1n) is 5.79. The Labute approximate surface area is 109 Å². The summed E-state index contributed by atoms with van der Waals surface area (Å²) in [6.45, 7) is 1.94. The van der Waals surface area contributed by atoms with Gasteiger partial charge in [-0.25, -0.2) is 14.5 Å². The van der Waals surface area contributed by atoms with Crippen LogP contribution in [0.15, 0.2) is 42.9 Å². The fourth-order valence-corrected chi connectivity index (χ4v) is 2.06. The summed E-state index contributed by atoms with van der Waals surface area (Å²) in [7, 11) is 0. The number of carbonyl (C=O) groups is 1. The van der Waals surface area contributed by atoms with Crippen LogP contribution in [0, 0.1) is 6.92 Å². The van der Waals surface area contributed by atoms with Gasteiger partial charge in [-0.2, -0.15) is 5.10 Å². The van der Waals surface area contributed by atoms with Crippen molar-refractivity contribution in [1.82, 2.24) is 14.8 Å². The van der Waals surface area contributed by atoms with E-state index in [0.29, 0.717) is 11.2 Å². The largest absolute Gasteiger partial charge is 0.478 e. The van der Waals surface area contributed by atoms with Crippen molar-refractivity contribution in [2.45, 2.75) is 6.92 Å². The van der Waals surface area contributed by atoms with Gasteiger partial charge in [0.1, 0.15) is 0 Å². The van der Waals surface area contributed by atoms with Crippen LogP contribution in [0.2, 0.25) is 0 Å². The zero-order valence-corrected chi connectivity index (χ0v) is 10.2. The van der Waals surface area contributed by atoms with E-state index in [9.17, 15) is 9.90 Å². The summed E-state index contributed by atoms with van der Waals surface area (Å²) in [6.07, 6.45) is 4.97. The van der Waals surface area contributed by atoms with Crippen LogP contribution in [0.4, 0.5) is 0 Å². The minimum absolute atomic E-state index is 0.197. The Hall–Kier alpha value is -2.69. The molecule has 94 valence electrons. The second-order valence-electron chi connectivity index (χ2n) is 4.31. The van der Waals surface area contributed by atoms with Gasteiger partial charge in [-0.3, -0.25) is 0 Å². The normalized spacial score (nSPS) is 10.8. The molecule has 2 heterocycles. The number of fused-ring (bicyclic) bond motifs is 1. The molecule has 0 unspecified atom stereocenters. The summed E-state index contributed by atoms with van der Waals surface area (Å²) in [6, 6.07) is 7.30. The van der Waals surface area contributed by atoms with Gasteiger partial charge >= 0.3 is 5.97 Å². The molecule has 0 atom stereocenters. The number of pyridine rings is 1. The van der Waals surface area contributed by atoms with Gasteiger partial charge in [-0.15, -0.1) is 0 Å². The van der Waals surface area contributed by atoms with Gasteiger partial charge < -0.3 is 5.11 Å². The summed E-state index contributed by atoms with van der Waals surface area (Å²) in [5.74, 6) is -0.347. The van der Waals surface area contributed by atoms with Crippen molar-refractivity contribution in [3.05, 3.63) is 54.0 Å². The fourth-order valence-electron chi connectivity index (χ4n) is 2.06. The first-order chi connectivity index (χ1) is 9.16. The van der Waals surface area contributed by atoms with Gasteiger partial charge in [0.25, 0.3) is 0 Å². The zero-order chi connectivity index (χ0) is 13.4. The summed E-state index contributed by atoms with van der Waals surface area (Å²) in [5, 5.41) is 14.8. The molecule has 0 fully saturated rings. The molecule has 0 aliphatic rings. The highest BCUT2D eigenvalue weighted by Gasteiger charge is 2.13. The van der Waals surface area contributed by atoms with Crippen molar-refractivity contribution in [3.8, 4) is 5.82 Å². The maximum Gasteiger partial charge on any atom is 0.337 e. The minimum atomic E-state index is -0.980. The molecule has 19 heavy (non-hydrogen) atoms. The summed E-state index contributed by atoms with van der Waals surface area (Å²) in [4.78, 5) is 15.4. The molecule has 2 aromatic heterocycles. The lowest BCUT2D eigenvalue weighted by atomic mass is 10.1. The van der Waals surface area contributed by atoms with Crippen molar-refractivity contribution in [2.24, 2.45) is 0 Å². The predicted octanol–water partition coefficient (Wildman–Crippen LogP) is 2.43. The number of aromatic nitrogens is 3. The highest BCUT2D eigenvalue weighted by atomic mass is 16.4. The Bertz CT molecular complexity index is 777. The molecular formula is C14H11N3O2. The lowest BCUT2D eigenvalue weighted by molar-refractivity contribution is 0.0698. The standard InChI is InChI=1S/C14H11N3O2/c1-9-6-16-17(8-9)13-11-5-3-2-4-10(11)12(7-15-13)14(18)19/h2-8H,1H3,(H,18,19). The first-order valence-corrected chi connectivity index (χ1v) is 5.79. The maximum atomic E-state index is 11.2. The molecule has 0 radical (unpaired) electrons. The van der Waals surface area contributed by atoms with E-state index >= 15 is 0 Å². The molecule has 3 rings (SSSR count). The molecule has 3 aromatic rings. The molecule has 0 aliphatic heterocycles. The van der Waals surface area contributed by atoms with Gasteiger partial charge in [-0.1, -0.05) is 24.3 Å². The fraction of sp³-hybridized carbons (Fsp3) is 0.0714. The Balaban J connectivity index is 2.34. The molecule has 1 N–H and O–H groups in total. The molecule has 5 heteroatoms. The Morgan fingerprint density at radius 3 is 2.58 bits per heavy atom. The van der Waals surface area contributed by atoms with E-state index in [-0.39, 0.29) is 5.56 Å². The van der Waals surface area contributed by atoms with Crippen LogP contribution < -0.4 is 0 Å². The monoisotopic (exact) mass is 253 g/mol. The van der Waals surface area contributed by atoms with E-state index < -0.39 is 5.97 Å². The number of aryl methyl sites for hydroxylation is 1. The quantitative estimate of drug-likeness (QED) is 0.761. The van der Waals surface area contributed by atoms with Crippen LogP contribution in [0.3, 0.4) is 0 Å². The maximum absolute atomic E-state index is 11.2. The van der Waals surface area contributed by atoms with Gasteiger partial charge in [0.05, 0.1) is 11.8 Å². The highest BCUT2D eigenvalue weighted by Crippen LogP contribution is 2.23. The van der Waals surface area contributed by atoms with E-state index in [1.165, 1.54) is 6.20 Å². The van der Waals surface area contributed by atoms with Gasteiger partial charge in [0, 0.05) is 23.2 Å². The van der Waals surface area contributed by atoms with Crippen LogP contribution in [-0.4, -0.2) is 25.8 Å². The third kappa shape index (κ3) is 1.85. The molecule has 0 amide bonds. The lowest BCUT2D eigenvalue weighted by Gasteiger charge is -2.07. The van der Waals surface area contributed by atoms with Crippen molar-refractivity contribution in [1.29, 1.82) is 0 Å². The molecule has 0 aliphatic carbocycles. The summed E-state index contributed by atoms with van der Waals surface area (Å²) in [5.41, 5.74) is 1.22. The second-order valence-corrected chi connectivity index (χ2v) is 4.31. The van der Waals surface area contributed by atoms with Crippen molar-refractivity contribution < 1.29 is 9.90 Å². The van der Waals surface area contributed by atoms with Crippen LogP contribution in [-0.2, 0) is 0 Å². The highest BCUT2D eigenvalue weighted by molar-refractivity contribution is 6.05. The number of aromatic carboxylic acids is 1. The van der Waals surface area contributed by atoms with E-state index in [1.54, 1.807) is 16.9 Å². The number of rotatable bonds is 2. The number of carboxylic acid groups (broad SMARTS) is 1. The molecule has 5 nitrogen and oxygen atoms in total. The van der Waals surface area contributed by atoms with Gasteiger partial charge in [0.2, 0.25) is 0 Å². The van der Waals surface area contributed by atoms with Crippen LogP contribution in [0.5, 0.6) is 0 Å². The molecule has 0 saturated carbocycles. The molecule has 0 saturated heterocycles. The Morgan fingerprint density at radius 2 is 1.95 bits per heavy atom. The van der Waals surface area contributed by atoms with E-state index in [0.717, 1.165) is 10.9 Å². The van der Waals surface area contributed by atoms with Gasteiger partial charge in [0.15, 0.2) is 5.82 Å². The van der Waals surface area contributed by atoms with E-state index in [4.69, 9.17) is 0 Å². The van der Waals surface area contributed by atoms with Crippen LogP contribution in [0.25, 0.3) is 16.6 Å². The smallest absolute Gasteiger partial charge is 0.337 e. The third-order valence-corrected chi connectivity index (χ3v) is 2.93. The molecule has 1 aromatic carbocycles. The number of carboxylic acids is 1. The summed E-state index contributed by atoms with van der Waals surface area (Å²) >= 11 is 0. The molecule has 0 spiro atoms. The Kier molecular flexibility index (Phi) is 2.52. The summed E-state index contributed by atoms with van der Waals surface area (Å²) < 4.78 is 1.66. The Morgan fingerprint density at radius 1 is 1.21 bits per heavy atom. The zero-order valence-electron chi connectivity index (χ0n) is 10.2. The number of nitrogens with zero attached hydrogens (tertiary/aromatic N) is 3. The van der Waals surface area contributed by atoms with Crippen molar-refractivity contribution >= 4 is 16.7 Å². The first kappa shape index (κ1) is 11.4. The minimum Gasteiger partial charge on any atom is -0.478 e. The van der Waals surface area contributed by atoms with E-state index in [1.807, 2.05) is 31.3 Å². The number of benzene rings is 1. The molecule has 0 bridgehead atoms. The SMILES string of the molecule is Cc1cnn(-c2ncc(C(=O)O)c3ccccc23)c1. The number of hydrogen-bond donors (Lipinski definition) is 1. The number of hydrogen-bond acceptors (Lipinski definition) is 3.